The molecule has 0 amide bonds. The molecule has 2 unspecified atom stereocenters. The van der Waals surface area contributed by atoms with E-state index in [0.29, 0.717) is 17.7 Å². The monoisotopic (exact) mass is 390 g/mol. The van der Waals surface area contributed by atoms with Crippen molar-refractivity contribution in [1.82, 2.24) is 5.32 Å². The zero-order chi connectivity index (χ0) is 18.0. The van der Waals surface area contributed by atoms with Gasteiger partial charge in [0.15, 0.2) is 0 Å². The molecule has 0 bridgehead atoms. The standard InChI is InChI=1S/C17H34N4S3/c1-4-17(2,3)13-5-6-14(13)22-12-9-21-16(20)8-11-24-23-10-7-15(18)19/h13-14H,4-12H2,1-3H3,(H3,18,19)(H2,20,21). The van der Waals surface area contributed by atoms with Crippen LogP contribution in [0.3, 0.4) is 0 Å². The zero-order valence-corrected chi connectivity index (χ0v) is 17.8. The van der Waals surface area contributed by atoms with Gasteiger partial charge < -0.3 is 11.1 Å². The Labute approximate surface area is 160 Å². The van der Waals surface area contributed by atoms with Crippen molar-refractivity contribution in [2.24, 2.45) is 17.1 Å². The van der Waals surface area contributed by atoms with Crippen LogP contribution in [0.25, 0.3) is 0 Å². The highest BCUT2D eigenvalue weighted by molar-refractivity contribution is 8.76. The van der Waals surface area contributed by atoms with Crippen molar-refractivity contribution >= 4 is 45.0 Å². The Hall–Kier alpha value is -0.0100. The van der Waals surface area contributed by atoms with Crippen LogP contribution in [0.2, 0.25) is 0 Å². The molecule has 24 heavy (non-hydrogen) atoms. The summed E-state index contributed by atoms with van der Waals surface area (Å²) in [4.78, 5) is 0. The lowest BCUT2D eigenvalue weighted by Crippen LogP contribution is -2.40. The molecule has 5 N–H and O–H groups in total. The summed E-state index contributed by atoms with van der Waals surface area (Å²) >= 11 is 2.09. The molecule has 4 nitrogen and oxygen atoms in total. The summed E-state index contributed by atoms with van der Waals surface area (Å²) in [5, 5.41) is 19.2. The maximum Gasteiger partial charge on any atom is 0.0940 e. The molecule has 0 aromatic heterocycles. The lowest BCUT2D eigenvalue weighted by Gasteiger charge is -2.46. The van der Waals surface area contributed by atoms with Crippen LogP contribution >= 0.6 is 33.3 Å². The largest absolute Gasteiger partial charge is 0.388 e. The van der Waals surface area contributed by atoms with Gasteiger partial charge in [-0.25, -0.2) is 0 Å². The number of rotatable bonds is 13. The highest BCUT2D eigenvalue weighted by Crippen LogP contribution is 2.49. The van der Waals surface area contributed by atoms with E-state index in [0.717, 1.165) is 41.4 Å². The average Bonchev–Trinajstić information content (AvgIpc) is 2.48. The quantitative estimate of drug-likeness (QED) is 0.160. The fraction of sp³-hybridized carbons (Fsp3) is 0.882. The van der Waals surface area contributed by atoms with Crippen LogP contribution in [0.4, 0.5) is 0 Å². The first-order chi connectivity index (χ1) is 11.4. The fourth-order valence-corrected chi connectivity index (χ4v) is 6.33. The molecule has 0 heterocycles. The summed E-state index contributed by atoms with van der Waals surface area (Å²) in [5.74, 6) is 4.70. The smallest absolute Gasteiger partial charge is 0.0940 e. The molecule has 0 aromatic rings. The molecule has 1 saturated carbocycles. The van der Waals surface area contributed by atoms with E-state index in [1.165, 1.54) is 19.3 Å². The predicted octanol–water partition coefficient (Wildman–Crippen LogP) is 4.60. The molecule has 0 aromatic carbocycles. The van der Waals surface area contributed by atoms with Gasteiger partial charge in [-0.3, -0.25) is 10.8 Å². The number of nitrogens with one attached hydrogen (secondary N) is 3. The predicted molar refractivity (Wildman–Crippen MR) is 115 cm³/mol. The third-order valence-corrected chi connectivity index (χ3v) is 8.71. The Morgan fingerprint density at radius 1 is 1.12 bits per heavy atom. The first-order valence-corrected chi connectivity index (χ1v) is 12.4. The molecule has 7 heteroatoms. The summed E-state index contributed by atoms with van der Waals surface area (Å²) in [6.07, 6.45) is 5.46. The van der Waals surface area contributed by atoms with Crippen molar-refractivity contribution in [3.63, 3.8) is 0 Å². The van der Waals surface area contributed by atoms with E-state index >= 15 is 0 Å². The van der Waals surface area contributed by atoms with Crippen molar-refractivity contribution in [2.75, 3.05) is 23.8 Å². The van der Waals surface area contributed by atoms with E-state index in [2.05, 4.69) is 37.8 Å². The third-order valence-electron chi connectivity index (χ3n) is 4.87. The number of hydrogen-bond donors (Lipinski definition) is 4. The first kappa shape index (κ1) is 22.0. The molecule has 0 spiro atoms. The van der Waals surface area contributed by atoms with Gasteiger partial charge in [0.2, 0.25) is 0 Å². The molecule has 1 rings (SSSR count). The Kier molecular flexibility index (Phi) is 10.6. The van der Waals surface area contributed by atoms with Crippen LogP contribution in [0.1, 0.15) is 52.9 Å². The van der Waals surface area contributed by atoms with Gasteiger partial charge in [-0.15, -0.1) is 0 Å². The SMILES string of the molecule is CCC(C)(C)C1CCC1SCCNC(=N)CCSSCCC(=N)N. The second kappa shape index (κ2) is 11.6. The second-order valence-electron chi connectivity index (χ2n) is 7.01. The van der Waals surface area contributed by atoms with Gasteiger partial charge in [0, 0.05) is 41.9 Å². The van der Waals surface area contributed by atoms with Crippen LogP contribution in [0.5, 0.6) is 0 Å². The minimum Gasteiger partial charge on any atom is -0.388 e. The van der Waals surface area contributed by atoms with Crippen molar-refractivity contribution in [2.45, 2.75) is 58.1 Å². The molecular formula is C17H34N4S3. The van der Waals surface area contributed by atoms with E-state index in [4.69, 9.17) is 16.6 Å². The maximum atomic E-state index is 7.95. The molecule has 140 valence electrons. The van der Waals surface area contributed by atoms with E-state index in [-0.39, 0.29) is 5.84 Å². The number of thioether (sulfide) groups is 1. The van der Waals surface area contributed by atoms with Crippen molar-refractivity contribution < 1.29 is 0 Å². The maximum absolute atomic E-state index is 7.95. The minimum absolute atomic E-state index is 0.256. The fourth-order valence-electron chi connectivity index (χ4n) is 2.74. The van der Waals surface area contributed by atoms with E-state index in [1.807, 2.05) is 0 Å². The van der Waals surface area contributed by atoms with Crippen molar-refractivity contribution in [3.8, 4) is 0 Å². The van der Waals surface area contributed by atoms with Crippen LogP contribution in [-0.2, 0) is 0 Å². The number of amidine groups is 2. The average molecular weight is 391 g/mol. The summed E-state index contributed by atoms with van der Waals surface area (Å²) in [5.41, 5.74) is 5.79. The van der Waals surface area contributed by atoms with Crippen LogP contribution in [-0.4, -0.2) is 40.7 Å². The van der Waals surface area contributed by atoms with E-state index in [9.17, 15) is 0 Å². The molecule has 0 saturated heterocycles. The second-order valence-corrected chi connectivity index (χ2v) is 11.1. The first-order valence-electron chi connectivity index (χ1n) is 8.87. The Morgan fingerprint density at radius 3 is 2.33 bits per heavy atom. The van der Waals surface area contributed by atoms with Crippen LogP contribution < -0.4 is 11.1 Å². The van der Waals surface area contributed by atoms with E-state index < -0.39 is 0 Å². The third kappa shape index (κ3) is 8.39. The highest BCUT2D eigenvalue weighted by Gasteiger charge is 2.40. The zero-order valence-electron chi connectivity index (χ0n) is 15.3. The van der Waals surface area contributed by atoms with Gasteiger partial charge in [-0.05, 0) is 24.2 Å². The topological polar surface area (TPSA) is 85.8 Å². The Morgan fingerprint density at radius 2 is 1.79 bits per heavy atom. The van der Waals surface area contributed by atoms with Crippen LogP contribution in [0, 0.1) is 22.2 Å². The van der Waals surface area contributed by atoms with Gasteiger partial charge in [0.1, 0.15) is 0 Å². The van der Waals surface area contributed by atoms with E-state index in [1.54, 1.807) is 21.6 Å². The number of hydrogen-bond acceptors (Lipinski definition) is 5. The lowest BCUT2D eigenvalue weighted by molar-refractivity contribution is 0.125. The molecule has 0 radical (unpaired) electrons. The van der Waals surface area contributed by atoms with Gasteiger partial charge in [0.05, 0.1) is 11.7 Å². The summed E-state index contributed by atoms with van der Waals surface area (Å²) in [6, 6.07) is 0. The molecule has 1 aliphatic carbocycles. The Balaban J connectivity index is 1.99. The van der Waals surface area contributed by atoms with Gasteiger partial charge in [-0.1, -0.05) is 48.8 Å². The normalized spacial score (nSPS) is 20.5. The van der Waals surface area contributed by atoms with Gasteiger partial charge >= 0.3 is 0 Å². The summed E-state index contributed by atoms with van der Waals surface area (Å²) < 4.78 is 0. The lowest BCUT2D eigenvalue weighted by atomic mass is 9.66. The highest BCUT2D eigenvalue weighted by atomic mass is 33.1. The minimum atomic E-state index is 0.256. The van der Waals surface area contributed by atoms with Crippen molar-refractivity contribution in [3.05, 3.63) is 0 Å². The van der Waals surface area contributed by atoms with Crippen molar-refractivity contribution in [1.29, 1.82) is 10.8 Å². The molecule has 0 aliphatic heterocycles. The van der Waals surface area contributed by atoms with Crippen LogP contribution in [0.15, 0.2) is 0 Å². The van der Waals surface area contributed by atoms with Gasteiger partial charge in [0.25, 0.3) is 0 Å². The molecule has 1 fully saturated rings. The number of nitrogens with two attached hydrogens (primary N) is 1. The van der Waals surface area contributed by atoms with Gasteiger partial charge in [-0.2, -0.15) is 11.8 Å². The Bertz CT molecular complexity index is 401. The summed E-state index contributed by atoms with van der Waals surface area (Å²) in [7, 11) is 3.50. The molecular weight excluding hydrogens is 356 g/mol. The summed E-state index contributed by atoms with van der Waals surface area (Å²) in [6.45, 7) is 8.02. The molecule has 1 aliphatic rings. The molecule has 2 atom stereocenters.